The molecule has 0 fully saturated rings. The zero-order chi connectivity index (χ0) is 23.7. The standard InChI is InChI=1S/C30H32O4/c1-5-31-23-11-12-24(27(17-23)32-18-21-9-7-6-8-10-21)22-16-26-20(2)15-28-25(29(26)33-19-22)13-14-30(3,4)34-28/h6-11,13-17,24H,5,12,18-19H2,1-4H3. The summed E-state index contributed by atoms with van der Waals surface area (Å²) >= 11 is 0. The predicted octanol–water partition coefficient (Wildman–Crippen LogP) is 7.00. The van der Waals surface area contributed by atoms with E-state index in [2.05, 4.69) is 63.3 Å². The lowest BCUT2D eigenvalue weighted by Crippen LogP contribution is -2.28. The van der Waals surface area contributed by atoms with Gasteiger partial charge >= 0.3 is 0 Å². The molecule has 4 nitrogen and oxygen atoms in total. The molecule has 0 saturated carbocycles. The molecule has 0 N–H and O–H groups in total. The number of fused-ring (bicyclic) bond motifs is 3. The Kier molecular flexibility index (Phi) is 5.99. The van der Waals surface area contributed by atoms with Crippen molar-refractivity contribution in [1.82, 2.24) is 0 Å². The van der Waals surface area contributed by atoms with Gasteiger partial charge in [0, 0.05) is 17.6 Å². The van der Waals surface area contributed by atoms with Gasteiger partial charge in [0.25, 0.3) is 0 Å². The third kappa shape index (κ3) is 4.50. The highest BCUT2D eigenvalue weighted by Gasteiger charge is 2.31. The van der Waals surface area contributed by atoms with Crippen LogP contribution >= 0.6 is 0 Å². The summed E-state index contributed by atoms with van der Waals surface area (Å²) in [6, 6.07) is 12.4. The minimum atomic E-state index is -0.314. The molecule has 5 rings (SSSR count). The third-order valence-corrected chi connectivity index (χ3v) is 6.45. The minimum Gasteiger partial charge on any atom is -0.494 e. The average molecular weight is 457 g/mol. The molecule has 1 atom stereocenters. The van der Waals surface area contributed by atoms with E-state index in [0.717, 1.165) is 51.7 Å². The van der Waals surface area contributed by atoms with Crippen LogP contribution < -0.4 is 9.47 Å². The van der Waals surface area contributed by atoms with Crippen LogP contribution in [0.15, 0.2) is 71.7 Å². The number of hydrogen-bond acceptors (Lipinski definition) is 4. The van der Waals surface area contributed by atoms with Gasteiger partial charge in [0.2, 0.25) is 0 Å². The lowest BCUT2D eigenvalue weighted by atomic mass is 9.86. The van der Waals surface area contributed by atoms with E-state index in [4.69, 9.17) is 18.9 Å². The molecule has 0 saturated heterocycles. The van der Waals surface area contributed by atoms with Crippen LogP contribution in [0.2, 0.25) is 0 Å². The van der Waals surface area contributed by atoms with E-state index >= 15 is 0 Å². The van der Waals surface area contributed by atoms with Gasteiger partial charge in [-0.2, -0.15) is 0 Å². The third-order valence-electron chi connectivity index (χ3n) is 6.45. The number of allylic oxidation sites excluding steroid dienone is 3. The molecular weight excluding hydrogens is 424 g/mol. The van der Waals surface area contributed by atoms with Crippen molar-refractivity contribution in [3.63, 3.8) is 0 Å². The van der Waals surface area contributed by atoms with Crippen molar-refractivity contribution in [2.45, 2.75) is 46.3 Å². The van der Waals surface area contributed by atoms with Gasteiger partial charge in [-0.05, 0) is 81.2 Å². The van der Waals surface area contributed by atoms with Gasteiger partial charge in [0.15, 0.2) is 0 Å². The molecule has 1 unspecified atom stereocenters. The van der Waals surface area contributed by atoms with E-state index in [9.17, 15) is 0 Å². The number of aryl methyl sites for hydroxylation is 1. The van der Waals surface area contributed by atoms with Crippen molar-refractivity contribution in [3.8, 4) is 11.5 Å². The summed E-state index contributed by atoms with van der Waals surface area (Å²) in [6.45, 7) is 9.93. The first kappa shape index (κ1) is 22.4. The van der Waals surface area contributed by atoms with Crippen LogP contribution in [-0.2, 0) is 16.1 Å². The normalized spacial score (nSPS) is 20.0. The summed E-state index contributed by atoms with van der Waals surface area (Å²) in [5.74, 6) is 3.70. The van der Waals surface area contributed by atoms with Gasteiger partial charge in [0.1, 0.15) is 41.8 Å². The van der Waals surface area contributed by atoms with Crippen molar-refractivity contribution >= 4 is 12.2 Å². The second-order valence-electron chi connectivity index (χ2n) is 9.54. The molecular formula is C30H32O4. The molecule has 0 spiro atoms. The van der Waals surface area contributed by atoms with Crippen LogP contribution in [0.3, 0.4) is 0 Å². The number of benzene rings is 2. The first-order chi connectivity index (χ1) is 16.4. The fraction of sp³-hybridized carbons (Fsp3) is 0.333. The van der Waals surface area contributed by atoms with Gasteiger partial charge < -0.3 is 18.9 Å². The van der Waals surface area contributed by atoms with Crippen molar-refractivity contribution < 1.29 is 18.9 Å². The number of rotatable bonds is 6. The largest absolute Gasteiger partial charge is 0.494 e. The molecule has 0 amide bonds. The van der Waals surface area contributed by atoms with E-state index in [-0.39, 0.29) is 11.5 Å². The Hall–Kier alpha value is -3.40. The van der Waals surface area contributed by atoms with Crippen molar-refractivity contribution in [3.05, 3.63) is 94.0 Å². The molecule has 0 aromatic heterocycles. The van der Waals surface area contributed by atoms with Crippen LogP contribution in [0.25, 0.3) is 12.2 Å². The highest BCUT2D eigenvalue weighted by atomic mass is 16.5. The molecule has 2 heterocycles. The van der Waals surface area contributed by atoms with Crippen LogP contribution in [-0.4, -0.2) is 18.8 Å². The SMILES string of the molecule is CCOC1=CCC(C2=Cc3c(C)cc4c(c3OC2)C=CC(C)(C)O4)C(OCc2ccccc2)=C1. The molecule has 0 radical (unpaired) electrons. The lowest BCUT2D eigenvalue weighted by Gasteiger charge is -2.33. The highest BCUT2D eigenvalue weighted by Crippen LogP contribution is 2.45. The Morgan fingerprint density at radius 3 is 2.68 bits per heavy atom. The Morgan fingerprint density at radius 2 is 1.88 bits per heavy atom. The van der Waals surface area contributed by atoms with Crippen molar-refractivity contribution in [1.29, 1.82) is 0 Å². The maximum absolute atomic E-state index is 6.39. The van der Waals surface area contributed by atoms with Crippen molar-refractivity contribution in [2.24, 2.45) is 5.92 Å². The predicted molar refractivity (Wildman–Crippen MR) is 136 cm³/mol. The molecule has 3 aliphatic rings. The van der Waals surface area contributed by atoms with Gasteiger partial charge in [-0.1, -0.05) is 30.3 Å². The summed E-state index contributed by atoms with van der Waals surface area (Å²) in [5.41, 5.74) is 5.33. The molecule has 1 aliphatic carbocycles. The highest BCUT2D eigenvalue weighted by molar-refractivity contribution is 5.78. The average Bonchev–Trinajstić information content (AvgIpc) is 2.83. The minimum absolute atomic E-state index is 0.113. The van der Waals surface area contributed by atoms with E-state index < -0.39 is 0 Å². The fourth-order valence-electron chi connectivity index (χ4n) is 4.68. The van der Waals surface area contributed by atoms with Crippen molar-refractivity contribution in [2.75, 3.05) is 13.2 Å². The second kappa shape index (κ2) is 9.09. The zero-order valence-electron chi connectivity index (χ0n) is 20.4. The smallest absolute Gasteiger partial charge is 0.138 e. The Bertz CT molecular complexity index is 1200. The summed E-state index contributed by atoms with van der Waals surface area (Å²) < 4.78 is 24.7. The maximum atomic E-state index is 6.39. The molecule has 0 bridgehead atoms. The monoisotopic (exact) mass is 456 g/mol. The lowest BCUT2D eigenvalue weighted by molar-refractivity contribution is 0.155. The number of ether oxygens (including phenoxy) is 4. The van der Waals surface area contributed by atoms with Gasteiger partial charge in [-0.15, -0.1) is 0 Å². The van der Waals surface area contributed by atoms with E-state index in [1.54, 1.807) is 0 Å². The molecule has 2 aliphatic heterocycles. The molecule has 34 heavy (non-hydrogen) atoms. The summed E-state index contributed by atoms with van der Waals surface area (Å²) in [5, 5.41) is 0. The van der Waals surface area contributed by atoms with Crippen LogP contribution in [0.1, 0.15) is 49.4 Å². The Labute approximate surface area is 202 Å². The first-order valence-corrected chi connectivity index (χ1v) is 12.0. The molecule has 2 aromatic rings. The van der Waals surface area contributed by atoms with Gasteiger partial charge in [-0.3, -0.25) is 0 Å². The second-order valence-corrected chi connectivity index (χ2v) is 9.54. The van der Waals surface area contributed by atoms with Gasteiger partial charge in [0.05, 0.1) is 12.2 Å². The molecule has 176 valence electrons. The number of hydrogen-bond donors (Lipinski definition) is 0. The van der Waals surface area contributed by atoms with Crippen LogP contribution in [0.4, 0.5) is 0 Å². The molecule has 4 heteroatoms. The Balaban J connectivity index is 1.45. The zero-order valence-corrected chi connectivity index (χ0v) is 20.4. The van der Waals surface area contributed by atoms with Gasteiger partial charge in [-0.25, -0.2) is 0 Å². The quantitative estimate of drug-likeness (QED) is 0.469. The first-order valence-electron chi connectivity index (χ1n) is 12.0. The maximum Gasteiger partial charge on any atom is 0.138 e. The Morgan fingerprint density at radius 1 is 1.06 bits per heavy atom. The fourth-order valence-corrected chi connectivity index (χ4v) is 4.68. The summed E-state index contributed by atoms with van der Waals surface area (Å²) in [6.07, 6.45) is 11.5. The van der Waals surface area contributed by atoms with E-state index in [1.165, 1.54) is 5.57 Å². The molecule has 2 aromatic carbocycles. The van der Waals surface area contributed by atoms with E-state index in [0.29, 0.717) is 19.8 Å². The topological polar surface area (TPSA) is 36.9 Å². The summed E-state index contributed by atoms with van der Waals surface area (Å²) in [7, 11) is 0. The van der Waals surface area contributed by atoms with Crippen LogP contribution in [0, 0.1) is 12.8 Å². The van der Waals surface area contributed by atoms with E-state index in [1.807, 2.05) is 31.2 Å². The van der Waals surface area contributed by atoms with Crippen LogP contribution in [0.5, 0.6) is 11.5 Å². The summed E-state index contributed by atoms with van der Waals surface area (Å²) in [4.78, 5) is 0.